The van der Waals surface area contributed by atoms with Crippen LogP contribution in [0.2, 0.25) is 0 Å². The molecule has 0 aromatic rings. The summed E-state index contributed by atoms with van der Waals surface area (Å²) in [4.78, 5) is 11.4. The predicted octanol–water partition coefficient (Wildman–Crippen LogP) is 2.22. The van der Waals surface area contributed by atoms with Gasteiger partial charge in [-0.1, -0.05) is 0 Å². The molecule has 6 heteroatoms. The molecule has 0 radical (unpaired) electrons. The fraction of sp³-hybridized carbons (Fsp3) is 0.917. The summed E-state index contributed by atoms with van der Waals surface area (Å²) < 4.78 is 37.3. The normalized spacial score (nSPS) is 25.2. The molecule has 0 aromatic heterocycles. The van der Waals surface area contributed by atoms with Gasteiger partial charge in [0.05, 0.1) is 12.5 Å². The molecule has 1 aliphatic carbocycles. The molecule has 2 N–H and O–H groups in total. The Balaban J connectivity index is 2.22. The third-order valence-electron chi connectivity index (χ3n) is 3.19. The van der Waals surface area contributed by atoms with Gasteiger partial charge >= 0.3 is 6.18 Å². The average molecular weight is 266 g/mol. The number of carbonyl (C=O) groups is 1. The quantitative estimate of drug-likeness (QED) is 0.819. The highest BCUT2D eigenvalue weighted by Crippen LogP contribution is 2.37. The van der Waals surface area contributed by atoms with Crippen molar-refractivity contribution in [3.05, 3.63) is 0 Å². The number of hydrogen-bond donors (Lipinski definition) is 2. The zero-order valence-electron chi connectivity index (χ0n) is 10.8. The number of nitrogens with one attached hydrogen (secondary N) is 2. The van der Waals surface area contributed by atoms with Crippen molar-refractivity contribution in [1.29, 1.82) is 0 Å². The number of amides is 1. The Morgan fingerprint density at radius 1 is 1.22 bits per heavy atom. The number of alkyl halides is 3. The molecule has 106 valence electrons. The van der Waals surface area contributed by atoms with Gasteiger partial charge in [0.15, 0.2) is 0 Å². The summed E-state index contributed by atoms with van der Waals surface area (Å²) in [5, 5.41) is 5.75. The van der Waals surface area contributed by atoms with Crippen molar-refractivity contribution in [2.45, 2.75) is 57.8 Å². The predicted molar refractivity (Wildman–Crippen MR) is 63.1 cm³/mol. The van der Waals surface area contributed by atoms with Gasteiger partial charge in [0, 0.05) is 12.1 Å². The van der Waals surface area contributed by atoms with Crippen molar-refractivity contribution in [3.63, 3.8) is 0 Å². The van der Waals surface area contributed by atoms with Crippen LogP contribution >= 0.6 is 0 Å². The van der Waals surface area contributed by atoms with E-state index in [4.69, 9.17) is 0 Å². The van der Waals surface area contributed by atoms with Crippen LogP contribution in [0, 0.1) is 5.92 Å². The zero-order chi connectivity index (χ0) is 13.8. The van der Waals surface area contributed by atoms with Crippen LogP contribution in [-0.4, -0.2) is 30.7 Å². The SMILES string of the molecule is CC(C)NC(=O)CNC1CCC(C(F)(F)F)CC1. The molecule has 1 rings (SSSR count). The highest BCUT2D eigenvalue weighted by atomic mass is 19.4. The van der Waals surface area contributed by atoms with E-state index in [2.05, 4.69) is 10.6 Å². The van der Waals surface area contributed by atoms with Crippen LogP contribution in [-0.2, 0) is 4.79 Å². The van der Waals surface area contributed by atoms with Crippen molar-refractivity contribution in [2.24, 2.45) is 5.92 Å². The summed E-state index contributed by atoms with van der Waals surface area (Å²) >= 11 is 0. The van der Waals surface area contributed by atoms with E-state index in [-0.39, 0.29) is 37.4 Å². The smallest absolute Gasteiger partial charge is 0.353 e. The Hall–Kier alpha value is -0.780. The number of halogens is 3. The average Bonchev–Trinajstić information content (AvgIpc) is 2.25. The topological polar surface area (TPSA) is 41.1 Å². The molecule has 0 spiro atoms. The van der Waals surface area contributed by atoms with Crippen LogP contribution < -0.4 is 10.6 Å². The Kier molecular flexibility index (Phi) is 5.44. The molecule has 1 amide bonds. The Morgan fingerprint density at radius 3 is 2.22 bits per heavy atom. The van der Waals surface area contributed by atoms with Crippen molar-refractivity contribution in [1.82, 2.24) is 10.6 Å². The summed E-state index contributed by atoms with van der Waals surface area (Å²) in [6, 6.07) is 0.113. The van der Waals surface area contributed by atoms with E-state index in [9.17, 15) is 18.0 Å². The molecule has 0 aromatic carbocycles. The first-order chi connectivity index (χ1) is 8.29. The third kappa shape index (κ3) is 5.25. The second kappa shape index (κ2) is 6.41. The molecular formula is C12H21F3N2O. The van der Waals surface area contributed by atoms with Gasteiger partial charge in [0.25, 0.3) is 0 Å². The minimum atomic E-state index is -4.07. The minimum absolute atomic E-state index is 0.0292. The summed E-state index contributed by atoms with van der Waals surface area (Å²) in [6.45, 7) is 3.92. The molecular weight excluding hydrogens is 245 g/mol. The summed E-state index contributed by atoms with van der Waals surface area (Å²) in [5.41, 5.74) is 0. The molecule has 0 unspecified atom stereocenters. The van der Waals surface area contributed by atoms with E-state index in [1.807, 2.05) is 13.8 Å². The van der Waals surface area contributed by atoms with Gasteiger partial charge in [-0.25, -0.2) is 0 Å². The number of carbonyl (C=O) groups excluding carboxylic acids is 1. The first-order valence-electron chi connectivity index (χ1n) is 6.38. The van der Waals surface area contributed by atoms with Crippen molar-refractivity contribution in [3.8, 4) is 0 Å². The lowest BCUT2D eigenvalue weighted by Gasteiger charge is -2.30. The van der Waals surface area contributed by atoms with Gasteiger partial charge in [0.2, 0.25) is 5.91 Å². The van der Waals surface area contributed by atoms with E-state index in [1.165, 1.54) is 0 Å². The van der Waals surface area contributed by atoms with Crippen LogP contribution in [0.3, 0.4) is 0 Å². The lowest BCUT2D eigenvalue weighted by molar-refractivity contribution is -0.182. The van der Waals surface area contributed by atoms with Crippen LogP contribution in [0.15, 0.2) is 0 Å². The molecule has 18 heavy (non-hydrogen) atoms. The summed E-state index contributed by atoms with van der Waals surface area (Å²) in [5.74, 6) is -1.28. The first kappa shape index (κ1) is 15.3. The van der Waals surface area contributed by atoms with E-state index in [0.717, 1.165) is 0 Å². The van der Waals surface area contributed by atoms with Crippen LogP contribution in [0.4, 0.5) is 13.2 Å². The molecule has 0 heterocycles. The standard InChI is InChI=1S/C12H21F3N2O/c1-8(2)17-11(18)7-16-10-5-3-9(4-6-10)12(13,14)15/h8-10,16H,3-7H2,1-2H3,(H,17,18). The third-order valence-corrected chi connectivity index (χ3v) is 3.19. The maximum Gasteiger partial charge on any atom is 0.391 e. The zero-order valence-corrected chi connectivity index (χ0v) is 10.8. The van der Waals surface area contributed by atoms with E-state index >= 15 is 0 Å². The molecule has 1 fully saturated rings. The number of rotatable bonds is 4. The summed E-state index contributed by atoms with van der Waals surface area (Å²) in [6.07, 6.45) is -2.78. The van der Waals surface area contributed by atoms with Gasteiger partial charge in [-0.05, 0) is 39.5 Å². The minimum Gasteiger partial charge on any atom is -0.353 e. The molecule has 3 nitrogen and oxygen atoms in total. The fourth-order valence-corrected chi connectivity index (χ4v) is 2.23. The first-order valence-corrected chi connectivity index (χ1v) is 6.38. The molecule has 1 aliphatic rings. The van der Waals surface area contributed by atoms with Gasteiger partial charge in [-0.15, -0.1) is 0 Å². The molecule has 0 saturated heterocycles. The van der Waals surface area contributed by atoms with Gasteiger partial charge < -0.3 is 10.6 Å². The maximum atomic E-state index is 12.4. The highest BCUT2D eigenvalue weighted by Gasteiger charge is 2.41. The van der Waals surface area contributed by atoms with Crippen LogP contribution in [0.5, 0.6) is 0 Å². The second-order valence-corrected chi connectivity index (χ2v) is 5.19. The lowest BCUT2D eigenvalue weighted by Crippen LogP contribution is -2.43. The van der Waals surface area contributed by atoms with Crippen molar-refractivity contribution >= 4 is 5.91 Å². The number of hydrogen-bond acceptors (Lipinski definition) is 2. The fourth-order valence-electron chi connectivity index (χ4n) is 2.23. The van der Waals surface area contributed by atoms with Crippen molar-refractivity contribution in [2.75, 3.05) is 6.54 Å². The molecule has 1 saturated carbocycles. The largest absolute Gasteiger partial charge is 0.391 e. The Bertz CT molecular complexity index is 271. The Labute approximate surface area is 106 Å². The van der Waals surface area contributed by atoms with Crippen LogP contribution in [0.25, 0.3) is 0 Å². The monoisotopic (exact) mass is 266 g/mol. The van der Waals surface area contributed by atoms with Gasteiger partial charge in [-0.2, -0.15) is 13.2 Å². The highest BCUT2D eigenvalue weighted by molar-refractivity contribution is 5.78. The molecule has 0 atom stereocenters. The van der Waals surface area contributed by atoms with E-state index < -0.39 is 12.1 Å². The van der Waals surface area contributed by atoms with Crippen LogP contribution in [0.1, 0.15) is 39.5 Å². The molecule has 0 aliphatic heterocycles. The van der Waals surface area contributed by atoms with E-state index in [0.29, 0.717) is 12.8 Å². The maximum absolute atomic E-state index is 12.4. The molecule has 0 bridgehead atoms. The lowest BCUT2D eigenvalue weighted by atomic mass is 9.85. The van der Waals surface area contributed by atoms with Gasteiger partial charge in [0.1, 0.15) is 0 Å². The Morgan fingerprint density at radius 2 is 1.78 bits per heavy atom. The van der Waals surface area contributed by atoms with Crippen molar-refractivity contribution < 1.29 is 18.0 Å². The van der Waals surface area contributed by atoms with Gasteiger partial charge in [-0.3, -0.25) is 4.79 Å². The summed E-state index contributed by atoms with van der Waals surface area (Å²) in [7, 11) is 0. The second-order valence-electron chi connectivity index (χ2n) is 5.19. The van der Waals surface area contributed by atoms with E-state index in [1.54, 1.807) is 0 Å².